The smallest absolute Gasteiger partial charge is 0.341 e. The number of carbonyl (C=O) groups is 2. The predicted octanol–water partition coefficient (Wildman–Crippen LogP) is 1.97. The van der Waals surface area contributed by atoms with E-state index in [2.05, 4.69) is 10.3 Å². The highest BCUT2D eigenvalue weighted by molar-refractivity contribution is 6.12. The lowest BCUT2D eigenvalue weighted by Crippen LogP contribution is -2.46. The van der Waals surface area contributed by atoms with Crippen LogP contribution in [0, 0.1) is 5.92 Å². The number of rotatable bonds is 1. The average molecular weight is 258 g/mol. The molecule has 0 bridgehead atoms. The van der Waals surface area contributed by atoms with Crippen LogP contribution in [0.3, 0.4) is 0 Å². The van der Waals surface area contributed by atoms with Crippen LogP contribution >= 0.6 is 0 Å². The molecule has 0 radical (unpaired) electrons. The number of phenols is 1. The molecule has 1 saturated carbocycles. The fraction of sp³-hybridized carbons (Fsp3) is 0.357. The molecule has 3 rings (SSSR count). The SMILES string of the molecule is O=C1N=C2CCCC(=O)C2C(c2cccc(O)c2)N1. The maximum Gasteiger partial charge on any atom is 0.341 e. The first-order valence-electron chi connectivity index (χ1n) is 6.35. The Morgan fingerprint density at radius 3 is 2.89 bits per heavy atom. The Morgan fingerprint density at radius 2 is 2.11 bits per heavy atom. The Labute approximate surface area is 110 Å². The highest BCUT2D eigenvalue weighted by atomic mass is 16.3. The van der Waals surface area contributed by atoms with Gasteiger partial charge in [-0.1, -0.05) is 12.1 Å². The molecule has 1 heterocycles. The number of ketones is 1. The van der Waals surface area contributed by atoms with Crippen LogP contribution in [-0.2, 0) is 4.79 Å². The molecule has 5 nitrogen and oxygen atoms in total. The Kier molecular flexibility index (Phi) is 2.81. The number of nitrogens with zero attached hydrogens (tertiary/aromatic N) is 1. The minimum atomic E-state index is -0.417. The van der Waals surface area contributed by atoms with Gasteiger partial charge in [-0.3, -0.25) is 4.79 Å². The molecule has 1 aromatic rings. The quantitative estimate of drug-likeness (QED) is 0.808. The summed E-state index contributed by atoms with van der Waals surface area (Å²) in [6.07, 6.45) is 1.97. The Morgan fingerprint density at radius 1 is 1.26 bits per heavy atom. The number of aliphatic imine (C=N–C) groups is 1. The van der Waals surface area contributed by atoms with E-state index in [9.17, 15) is 14.7 Å². The van der Waals surface area contributed by atoms with Crippen molar-refractivity contribution in [3.8, 4) is 5.75 Å². The van der Waals surface area contributed by atoms with Gasteiger partial charge in [-0.2, -0.15) is 0 Å². The maximum atomic E-state index is 12.1. The second-order valence-corrected chi connectivity index (χ2v) is 4.92. The third-order valence-electron chi connectivity index (χ3n) is 3.65. The van der Waals surface area contributed by atoms with Crippen LogP contribution in [0.15, 0.2) is 29.3 Å². The number of urea groups is 1. The first-order valence-corrected chi connectivity index (χ1v) is 6.35. The molecule has 0 saturated heterocycles. The topological polar surface area (TPSA) is 78.8 Å². The van der Waals surface area contributed by atoms with Gasteiger partial charge in [0.25, 0.3) is 0 Å². The van der Waals surface area contributed by atoms with E-state index < -0.39 is 12.1 Å². The highest BCUT2D eigenvalue weighted by Crippen LogP contribution is 2.34. The van der Waals surface area contributed by atoms with Crippen molar-refractivity contribution < 1.29 is 14.7 Å². The van der Waals surface area contributed by atoms with Gasteiger partial charge in [0.2, 0.25) is 0 Å². The van der Waals surface area contributed by atoms with Crippen molar-refractivity contribution in [1.82, 2.24) is 5.32 Å². The van der Waals surface area contributed by atoms with E-state index >= 15 is 0 Å². The molecule has 0 aromatic heterocycles. The van der Waals surface area contributed by atoms with Crippen molar-refractivity contribution >= 4 is 17.5 Å². The van der Waals surface area contributed by atoms with Gasteiger partial charge in [0.15, 0.2) is 0 Å². The Hall–Kier alpha value is -2.17. The molecule has 2 N–H and O–H groups in total. The molecule has 2 atom stereocenters. The fourth-order valence-corrected chi connectivity index (χ4v) is 2.82. The molecule has 98 valence electrons. The summed E-state index contributed by atoms with van der Waals surface area (Å²) in [5, 5.41) is 12.3. The molecule has 1 aliphatic heterocycles. The summed E-state index contributed by atoms with van der Waals surface area (Å²) in [4.78, 5) is 27.7. The van der Waals surface area contributed by atoms with Gasteiger partial charge in [0, 0.05) is 12.1 Å². The normalized spacial score (nSPS) is 26.4. The lowest BCUT2D eigenvalue weighted by atomic mass is 9.77. The monoisotopic (exact) mass is 258 g/mol. The van der Waals surface area contributed by atoms with Gasteiger partial charge in [0.1, 0.15) is 11.5 Å². The number of hydrogen-bond donors (Lipinski definition) is 2. The van der Waals surface area contributed by atoms with E-state index in [-0.39, 0.29) is 17.5 Å². The summed E-state index contributed by atoms with van der Waals surface area (Å²) < 4.78 is 0. The third-order valence-corrected chi connectivity index (χ3v) is 3.65. The van der Waals surface area contributed by atoms with Crippen LogP contribution in [0.4, 0.5) is 4.79 Å². The largest absolute Gasteiger partial charge is 0.508 e. The van der Waals surface area contributed by atoms with Crippen molar-refractivity contribution in [3.63, 3.8) is 0 Å². The summed E-state index contributed by atoms with van der Waals surface area (Å²) in [6.45, 7) is 0. The fourth-order valence-electron chi connectivity index (χ4n) is 2.82. The number of carbonyl (C=O) groups excluding carboxylic acids is 2. The van der Waals surface area contributed by atoms with E-state index in [0.29, 0.717) is 18.6 Å². The number of aromatic hydroxyl groups is 1. The van der Waals surface area contributed by atoms with E-state index in [4.69, 9.17) is 0 Å². The summed E-state index contributed by atoms with van der Waals surface area (Å²) in [7, 11) is 0. The number of fused-ring (bicyclic) bond motifs is 1. The van der Waals surface area contributed by atoms with Gasteiger partial charge >= 0.3 is 6.03 Å². The molecular weight excluding hydrogens is 244 g/mol. The molecule has 2 aliphatic rings. The van der Waals surface area contributed by atoms with E-state index in [1.807, 2.05) is 0 Å². The molecular formula is C14H14N2O3. The standard InChI is InChI=1S/C14H14N2O3/c17-9-4-1-3-8(7-9)13-12-10(15-14(19)16-13)5-2-6-11(12)18/h1,3-4,7,12-13,17H,2,5-6H2,(H,16,19). The van der Waals surface area contributed by atoms with Gasteiger partial charge < -0.3 is 10.4 Å². The zero-order valence-electron chi connectivity index (χ0n) is 10.3. The summed E-state index contributed by atoms with van der Waals surface area (Å²) >= 11 is 0. The number of benzene rings is 1. The number of amides is 2. The molecule has 1 fully saturated rings. The van der Waals surface area contributed by atoms with Crippen LogP contribution in [0.2, 0.25) is 0 Å². The predicted molar refractivity (Wildman–Crippen MR) is 69.2 cm³/mol. The Balaban J connectivity index is 2.03. The van der Waals surface area contributed by atoms with E-state index in [0.717, 1.165) is 12.0 Å². The van der Waals surface area contributed by atoms with Crippen molar-refractivity contribution in [3.05, 3.63) is 29.8 Å². The summed E-state index contributed by atoms with van der Waals surface area (Å²) in [5.74, 6) is -0.148. The van der Waals surface area contributed by atoms with Gasteiger partial charge in [-0.25, -0.2) is 9.79 Å². The van der Waals surface area contributed by atoms with Crippen LogP contribution in [0.25, 0.3) is 0 Å². The van der Waals surface area contributed by atoms with Crippen molar-refractivity contribution in [2.45, 2.75) is 25.3 Å². The summed E-state index contributed by atoms with van der Waals surface area (Å²) in [5.41, 5.74) is 1.41. The summed E-state index contributed by atoms with van der Waals surface area (Å²) in [6, 6.07) is 5.82. The van der Waals surface area contributed by atoms with Crippen LogP contribution in [-0.4, -0.2) is 22.6 Å². The number of nitrogens with one attached hydrogen (secondary N) is 1. The van der Waals surface area contributed by atoms with Crippen molar-refractivity contribution in [2.75, 3.05) is 0 Å². The molecule has 1 aliphatic carbocycles. The third kappa shape index (κ3) is 2.12. The zero-order chi connectivity index (χ0) is 13.4. The number of hydrogen-bond acceptors (Lipinski definition) is 3. The minimum Gasteiger partial charge on any atom is -0.508 e. The number of Topliss-reactive ketones (excluding diaryl/α,β-unsaturated/α-hetero) is 1. The average Bonchev–Trinajstić information content (AvgIpc) is 2.37. The lowest BCUT2D eigenvalue weighted by Gasteiger charge is -2.34. The molecule has 0 spiro atoms. The van der Waals surface area contributed by atoms with Gasteiger partial charge in [0.05, 0.1) is 12.0 Å². The second kappa shape index (κ2) is 4.50. The lowest BCUT2D eigenvalue weighted by molar-refractivity contribution is -0.122. The van der Waals surface area contributed by atoms with Crippen LogP contribution < -0.4 is 5.32 Å². The first-order chi connectivity index (χ1) is 9.15. The minimum absolute atomic E-state index is 0.110. The first kappa shape index (κ1) is 11.9. The Bertz CT molecular complexity index is 580. The van der Waals surface area contributed by atoms with Gasteiger partial charge in [-0.15, -0.1) is 0 Å². The number of phenolic OH excluding ortho intramolecular Hbond substituents is 1. The van der Waals surface area contributed by atoms with Crippen LogP contribution in [0.5, 0.6) is 5.75 Å². The maximum absolute atomic E-state index is 12.1. The highest BCUT2D eigenvalue weighted by Gasteiger charge is 2.40. The molecule has 2 amide bonds. The molecule has 19 heavy (non-hydrogen) atoms. The van der Waals surface area contributed by atoms with E-state index in [1.54, 1.807) is 24.3 Å². The van der Waals surface area contributed by atoms with Gasteiger partial charge in [-0.05, 0) is 30.5 Å². The molecule has 1 aromatic carbocycles. The van der Waals surface area contributed by atoms with Crippen molar-refractivity contribution in [1.29, 1.82) is 0 Å². The zero-order valence-corrected chi connectivity index (χ0v) is 10.3. The molecule has 5 heteroatoms. The van der Waals surface area contributed by atoms with E-state index in [1.165, 1.54) is 0 Å². The second-order valence-electron chi connectivity index (χ2n) is 4.92. The van der Waals surface area contributed by atoms with Crippen LogP contribution in [0.1, 0.15) is 30.9 Å². The molecule has 2 unspecified atom stereocenters. The van der Waals surface area contributed by atoms with Crippen molar-refractivity contribution in [2.24, 2.45) is 10.9 Å².